The van der Waals surface area contributed by atoms with E-state index in [1.54, 1.807) is 6.07 Å². The minimum Gasteiger partial charge on any atom is -0.370 e. The molecule has 0 radical (unpaired) electrons. The highest BCUT2D eigenvalue weighted by atomic mass is 127. The molecule has 0 bridgehead atoms. The average molecular weight is 441 g/mol. The van der Waals surface area contributed by atoms with E-state index in [2.05, 4.69) is 10.3 Å². The molecule has 0 heterocycles. The van der Waals surface area contributed by atoms with Gasteiger partial charge in [-0.2, -0.15) is 13.2 Å². The number of halogens is 4. The molecule has 23 heavy (non-hydrogen) atoms. The third kappa shape index (κ3) is 6.97. The van der Waals surface area contributed by atoms with Crippen LogP contribution in [0.1, 0.15) is 49.7 Å². The van der Waals surface area contributed by atoms with Crippen LogP contribution >= 0.6 is 24.0 Å². The fourth-order valence-electron chi connectivity index (χ4n) is 2.70. The number of guanidine groups is 1. The van der Waals surface area contributed by atoms with Gasteiger partial charge in [0.15, 0.2) is 5.96 Å². The van der Waals surface area contributed by atoms with Gasteiger partial charge in [-0.3, -0.25) is 0 Å². The summed E-state index contributed by atoms with van der Waals surface area (Å²) >= 11 is 0. The van der Waals surface area contributed by atoms with Crippen molar-refractivity contribution >= 4 is 29.9 Å². The molecular weight excluding hydrogens is 418 g/mol. The summed E-state index contributed by atoms with van der Waals surface area (Å²) in [4.78, 5) is 4.16. The summed E-state index contributed by atoms with van der Waals surface area (Å²) in [5.41, 5.74) is 5.69. The zero-order chi connectivity index (χ0) is 16.0. The van der Waals surface area contributed by atoms with E-state index in [1.807, 2.05) is 0 Å². The molecule has 0 amide bonds. The predicted octanol–water partition coefficient (Wildman–Crippen LogP) is 4.45. The van der Waals surface area contributed by atoms with Crippen molar-refractivity contribution in [2.45, 2.75) is 57.3 Å². The molecule has 1 aromatic carbocycles. The first-order valence-corrected chi connectivity index (χ1v) is 7.68. The molecule has 0 saturated heterocycles. The van der Waals surface area contributed by atoms with Crippen molar-refractivity contribution in [3.63, 3.8) is 0 Å². The quantitative estimate of drug-likeness (QED) is 0.315. The Morgan fingerprint density at radius 3 is 2.43 bits per heavy atom. The van der Waals surface area contributed by atoms with E-state index >= 15 is 0 Å². The molecule has 1 fully saturated rings. The molecule has 0 aliphatic heterocycles. The average Bonchev–Trinajstić information content (AvgIpc) is 2.73. The van der Waals surface area contributed by atoms with Crippen molar-refractivity contribution in [2.24, 2.45) is 10.7 Å². The van der Waals surface area contributed by atoms with E-state index in [0.717, 1.165) is 25.0 Å². The van der Waals surface area contributed by atoms with Crippen LogP contribution in [0.15, 0.2) is 29.3 Å². The molecule has 0 atom stereocenters. The van der Waals surface area contributed by atoms with Gasteiger partial charge >= 0.3 is 6.18 Å². The molecule has 0 unspecified atom stereocenters. The summed E-state index contributed by atoms with van der Waals surface area (Å²) in [7, 11) is 0. The van der Waals surface area contributed by atoms with Gasteiger partial charge in [0.2, 0.25) is 0 Å². The summed E-state index contributed by atoms with van der Waals surface area (Å²) in [5.74, 6) is 0.310. The van der Waals surface area contributed by atoms with Crippen LogP contribution in [0, 0.1) is 0 Å². The maximum absolute atomic E-state index is 12.6. The van der Waals surface area contributed by atoms with Crippen molar-refractivity contribution < 1.29 is 13.2 Å². The van der Waals surface area contributed by atoms with E-state index in [4.69, 9.17) is 5.73 Å². The molecule has 1 aliphatic carbocycles. The first kappa shape index (κ1) is 20.1. The number of nitrogens with zero attached hydrogens (tertiary/aromatic N) is 1. The Hall–Kier alpha value is -0.990. The lowest BCUT2D eigenvalue weighted by Crippen LogP contribution is -2.39. The predicted molar refractivity (Wildman–Crippen MR) is 96.8 cm³/mol. The lowest BCUT2D eigenvalue weighted by atomic mass is 10.1. The molecule has 7 heteroatoms. The first-order chi connectivity index (χ1) is 10.4. The molecule has 130 valence electrons. The Morgan fingerprint density at radius 1 is 1.17 bits per heavy atom. The Morgan fingerprint density at radius 2 is 1.83 bits per heavy atom. The van der Waals surface area contributed by atoms with Gasteiger partial charge in [0.05, 0.1) is 12.1 Å². The monoisotopic (exact) mass is 441 g/mol. The minimum absolute atomic E-state index is 0. The maximum atomic E-state index is 12.6. The second kappa shape index (κ2) is 9.34. The fourth-order valence-corrected chi connectivity index (χ4v) is 2.70. The van der Waals surface area contributed by atoms with Crippen LogP contribution in [0.4, 0.5) is 13.2 Å². The normalized spacial score (nSPS) is 17.3. The van der Waals surface area contributed by atoms with Crippen LogP contribution in [-0.4, -0.2) is 12.0 Å². The van der Waals surface area contributed by atoms with Crippen molar-refractivity contribution in [3.05, 3.63) is 35.4 Å². The Balaban J connectivity index is 0.00000264. The van der Waals surface area contributed by atoms with Crippen LogP contribution in [0.25, 0.3) is 0 Å². The van der Waals surface area contributed by atoms with E-state index in [1.165, 1.54) is 31.7 Å². The largest absolute Gasteiger partial charge is 0.416 e. The van der Waals surface area contributed by atoms with Gasteiger partial charge in [0.25, 0.3) is 0 Å². The SMILES string of the molecule is I.NC(=NCc1cccc(C(F)(F)F)c1)NC1CCCCCC1. The second-order valence-electron chi connectivity index (χ2n) is 5.73. The summed E-state index contributed by atoms with van der Waals surface area (Å²) in [6.07, 6.45) is 2.67. The van der Waals surface area contributed by atoms with Crippen LogP contribution in [0.3, 0.4) is 0 Å². The highest BCUT2D eigenvalue weighted by Gasteiger charge is 2.30. The van der Waals surface area contributed by atoms with Gasteiger partial charge in [0, 0.05) is 6.04 Å². The molecule has 1 aliphatic rings. The van der Waals surface area contributed by atoms with Crippen LogP contribution in [0.2, 0.25) is 0 Å². The molecule has 1 saturated carbocycles. The van der Waals surface area contributed by atoms with Gasteiger partial charge in [-0.05, 0) is 30.5 Å². The summed E-state index contributed by atoms with van der Waals surface area (Å²) in [6.45, 7) is 0.148. The van der Waals surface area contributed by atoms with Crippen molar-refractivity contribution in [1.29, 1.82) is 0 Å². The number of hydrogen-bond donors (Lipinski definition) is 2. The van der Waals surface area contributed by atoms with Crippen molar-refractivity contribution in [1.82, 2.24) is 5.32 Å². The van der Waals surface area contributed by atoms with Gasteiger partial charge in [-0.1, -0.05) is 37.8 Å². The Bertz CT molecular complexity index is 510. The number of benzene rings is 1. The van der Waals surface area contributed by atoms with Gasteiger partial charge in [0.1, 0.15) is 0 Å². The first-order valence-electron chi connectivity index (χ1n) is 7.68. The molecule has 1 aromatic rings. The minimum atomic E-state index is -4.33. The summed E-state index contributed by atoms with van der Waals surface area (Å²) in [6, 6.07) is 5.51. The Kier molecular flexibility index (Phi) is 8.15. The number of alkyl halides is 3. The number of aliphatic imine (C=N–C) groups is 1. The third-order valence-corrected chi connectivity index (χ3v) is 3.89. The molecule has 3 N–H and O–H groups in total. The van der Waals surface area contributed by atoms with Crippen LogP contribution in [-0.2, 0) is 12.7 Å². The fraction of sp³-hybridized carbons (Fsp3) is 0.562. The van der Waals surface area contributed by atoms with Gasteiger partial charge in [-0.15, -0.1) is 24.0 Å². The van der Waals surface area contributed by atoms with Crippen LogP contribution in [0.5, 0.6) is 0 Å². The third-order valence-electron chi connectivity index (χ3n) is 3.89. The van der Waals surface area contributed by atoms with Crippen LogP contribution < -0.4 is 11.1 Å². The summed E-state index contributed by atoms with van der Waals surface area (Å²) in [5, 5.41) is 3.18. The van der Waals surface area contributed by atoms with Crippen molar-refractivity contribution in [3.8, 4) is 0 Å². The van der Waals surface area contributed by atoms with Gasteiger partial charge < -0.3 is 11.1 Å². The van der Waals surface area contributed by atoms with E-state index in [9.17, 15) is 13.2 Å². The maximum Gasteiger partial charge on any atom is 0.416 e. The number of rotatable bonds is 3. The summed E-state index contributed by atoms with van der Waals surface area (Å²) < 4.78 is 37.9. The zero-order valence-corrected chi connectivity index (χ0v) is 15.2. The molecule has 2 rings (SSSR count). The standard InChI is InChI=1S/C16H22F3N3.HI/c17-16(18,19)13-7-5-6-12(10-13)11-21-15(20)22-14-8-3-1-2-4-9-14;/h5-7,10,14H,1-4,8-9,11H2,(H3,20,21,22);1H. The zero-order valence-electron chi connectivity index (χ0n) is 12.9. The molecule has 3 nitrogen and oxygen atoms in total. The van der Waals surface area contributed by atoms with E-state index < -0.39 is 11.7 Å². The van der Waals surface area contributed by atoms with Gasteiger partial charge in [-0.25, -0.2) is 4.99 Å². The van der Waals surface area contributed by atoms with E-state index in [-0.39, 0.29) is 30.5 Å². The second-order valence-corrected chi connectivity index (χ2v) is 5.73. The molecular formula is C16H23F3IN3. The van der Waals surface area contributed by atoms with Crippen molar-refractivity contribution in [2.75, 3.05) is 0 Å². The molecule has 0 aromatic heterocycles. The number of nitrogens with one attached hydrogen (secondary N) is 1. The topological polar surface area (TPSA) is 50.4 Å². The Labute approximate surface area is 152 Å². The lowest BCUT2D eigenvalue weighted by molar-refractivity contribution is -0.137. The highest BCUT2D eigenvalue weighted by Crippen LogP contribution is 2.29. The lowest BCUT2D eigenvalue weighted by Gasteiger charge is -2.16. The molecule has 0 spiro atoms. The smallest absolute Gasteiger partial charge is 0.370 e. The number of nitrogens with two attached hydrogens (primary N) is 1. The number of hydrogen-bond acceptors (Lipinski definition) is 1. The van der Waals surface area contributed by atoms with E-state index in [0.29, 0.717) is 17.6 Å². The highest BCUT2D eigenvalue weighted by molar-refractivity contribution is 14.0.